The fraction of sp³-hybridized carbons (Fsp3) is 1.00. The van der Waals surface area contributed by atoms with Crippen LogP contribution in [-0.2, 0) is 4.74 Å². The van der Waals surface area contributed by atoms with E-state index in [1.807, 2.05) is 7.11 Å². The summed E-state index contributed by atoms with van der Waals surface area (Å²) in [6, 6.07) is 0.598. The van der Waals surface area contributed by atoms with Crippen molar-refractivity contribution in [1.29, 1.82) is 0 Å². The molecular formula is C18H36N2O. The second kappa shape index (κ2) is 7.94. The van der Waals surface area contributed by atoms with Crippen molar-refractivity contribution in [2.24, 2.45) is 11.3 Å². The number of piperidine rings is 1. The van der Waals surface area contributed by atoms with E-state index in [9.17, 15) is 0 Å². The fourth-order valence-electron chi connectivity index (χ4n) is 3.96. The molecule has 0 aromatic rings. The van der Waals surface area contributed by atoms with Crippen molar-refractivity contribution in [3.8, 4) is 0 Å². The van der Waals surface area contributed by atoms with E-state index in [0.717, 1.165) is 5.92 Å². The lowest BCUT2D eigenvalue weighted by atomic mass is 9.70. The van der Waals surface area contributed by atoms with Gasteiger partial charge in [0.25, 0.3) is 0 Å². The first-order valence-corrected chi connectivity index (χ1v) is 9.01. The van der Waals surface area contributed by atoms with Gasteiger partial charge in [0.05, 0.1) is 6.10 Å². The van der Waals surface area contributed by atoms with Gasteiger partial charge in [-0.15, -0.1) is 0 Å². The predicted molar refractivity (Wildman–Crippen MR) is 89.7 cm³/mol. The zero-order valence-corrected chi connectivity index (χ0v) is 14.7. The maximum Gasteiger partial charge on any atom is 0.0595 e. The Labute approximate surface area is 131 Å². The van der Waals surface area contributed by atoms with E-state index in [4.69, 9.17) is 4.74 Å². The minimum Gasteiger partial charge on any atom is -0.381 e. The first-order valence-electron chi connectivity index (χ1n) is 9.01. The van der Waals surface area contributed by atoms with Gasteiger partial charge < -0.3 is 15.0 Å². The minimum atomic E-state index is 0.498. The predicted octanol–water partition coefficient (Wildman–Crippen LogP) is 3.29. The fourth-order valence-corrected chi connectivity index (χ4v) is 3.96. The molecule has 2 aliphatic rings. The Bertz CT molecular complexity index is 290. The van der Waals surface area contributed by atoms with Crippen molar-refractivity contribution >= 4 is 0 Å². The molecule has 1 aliphatic heterocycles. The van der Waals surface area contributed by atoms with Crippen LogP contribution in [0.3, 0.4) is 0 Å². The van der Waals surface area contributed by atoms with Gasteiger partial charge in [-0.1, -0.05) is 33.6 Å². The second-order valence-corrected chi connectivity index (χ2v) is 7.93. The molecule has 2 rings (SSSR count). The second-order valence-electron chi connectivity index (χ2n) is 7.93. The Morgan fingerprint density at radius 1 is 1.14 bits per heavy atom. The number of hydrogen-bond donors (Lipinski definition) is 1. The summed E-state index contributed by atoms with van der Waals surface area (Å²) in [5, 5.41) is 3.73. The first-order chi connectivity index (χ1) is 10.0. The van der Waals surface area contributed by atoms with Gasteiger partial charge in [0.15, 0.2) is 0 Å². The highest BCUT2D eigenvalue weighted by molar-refractivity contribution is 4.91. The maximum atomic E-state index is 5.51. The number of methoxy groups -OCH3 is 1. The number of nitrogens with one attached hydrogen (secondary N) is 1. The lowest BCUT2D eigenvalue weighted by Crippen LogP contribution is -2.49. The molecule has 21 heavy (non-hydrogen) atoms. The van der Waals surface area contributed by atoms with Gasteiger partial charge in [0.2, 0.25) is 0 Å². The van der Waals surface area contributed by atoms with E-state index in [1.54, 1.807) is 0 Å². The molecule has 0 spiro atoms. The number of rotatable bonds is 6. The molecular weight excluding hydrogens is 260 g/mol. The molecule has 0 aromatic carbocycles. The molecule has 124 valence electrons. The molecule has 1 heterocycles. The van der Waals surface area contributed by atoms with Crippen LogP contribution in [-0.4, -0.2) is 50.3 Å². The van der Waals surface area contributed by atoms with E-state index < -0.39 is 0 Å². The zero-order valence-electron chi connectivity index (χ0n) is 14.7. The van der Waals surface area contributed by atoms with Gasteiger partial charge in [-0.25, -0.2) is 0 Å². The highest BCUT2D eigenvalue weighted by atomic mass is 16.5. The molecule has 0 amide bonds. The van der Waals surface area contributed by atoms with E-state index in [0.29, 0.717) is 17.6 Å². The zero-order chi connectivity index (χ0) is 15.3. The average Bonchev–Trinajstić information content (AvgIpc) is 2.49. The van der Waals surface area contributed by atoms with Crippen LogP contribution in [0.15, 0.2) is 0 Å². The molecule has 0 unspecified atom stereocenters. The molecule has 1 aliphatic carbocycles. The standard InChI is InChI=1S/C18H36N2O/c1-15(2)19-13-18(9-5-16(3)6-10-18)14-20-11-7-17(21-4)8-12-20/h15-17,19H,5-14H2,1-4H3. The van der Waals surface area contributed by atoms with Gasteiger partial charge in [-0.2, -0.15) is 0 Å². The van der Waals surface area contributed by atoms with E-state index in [2.05, 4.69) is 31.0 Å². The lowest BCUT2D eigenvalue weighted by Gasteiger charge is -2.45. The number of hydrogen-bond acceptors (Lipinski definition) is 3. The summed E-state index contributed by atoms with van der Waals surface area (Å²) in [5.41, 5.74) is 0.511. The highest BCUT2D eigenvalue weighted by Crippen LogP contribution is 2.39. The summed E-state index contributed by atoms with van der Waals surface area (Å²) in [6.07, 6.45) is 8.54. The Balaban J connectivity index is 1.89. The smallest absolute Gasteiger partial charge is 0.0595 e. The summed E-state index contributed by atoms with van der Waals surface area (Å²) in [4.78, 5) is 2.70. The van der Waals surface area contributed by atoms with Crippen LogP contribution in [0.1, 0.15) is 59.3 Å². The van der Waals surface area contributed by atoms with Gasteiger partial charge in [0.1, 0.15) is 0 Å². The Kier molecular flexibility index (Phi) is 6.51. The third-order valence-corrected chi connectivity index (χ3v) is 5.65. The van der Waals surface area contributed by atoms with Crippen LogP contribution in [0.5, 0.6) is 0 Å². The van der Waals surface area contributed by atoms with Crippen molar-refractivity contribution < 1.29 is 4.74 Å². The summed E-state index contributed by atoms with van der Waals surface area (Å²) in [6.45, 7) is 11.9. The quantitative estimate of drug-likeness (QED) is 0.814. The maximum absolute atomic E-state index is 5.51. The third kappa shape index (κ3) is 5.22. The van der Waals surface area contributed by atoms with Crippen LogP contribution in [0.2, 0.25) is 0 Å². The molecule has 0 bridgehead atoms. The number of ether oxygens (including phenoxy) is 1. The first kappa shape index (κ1) is 17.2. The molecule has 3 heteroatoms. The summed E-state index contributed by atoms with van der Waals surface area (Å²) in [7, 11) is 1.86. The normalized spacial score (nSPS) is 32.7. The molecule has 3 nitrogen and oxygen atoms in total. The van der Waals surface area contributed by atoms with Crippen molar-refractivity contribution in [1.82, 2.24) is 10.2 Å². The Morgan fingerprint density at radius 2 is 1.76 bits per heavy atom. The van der Waals surface area contributed by atoms with Crippen molar-refractivity contribution in [3.05, 3.63) is 0 Å². The van der Waals surface area contributed by atoms with Crippen molar-refractivity contribution in [3.63, 3.8) is 0 Å². The summed E-state index contributed by atoms with van der Waals surface area (Å²) in [5.74, 6) is 0.927. The van der Waals surface area contributed by atoms with E-state index in [-0.39, 0.29) is 0 Å². The van der Waals surface area contributed by atoms with Crippen LogP contribution in [0.4, 0.5) is 0 Å². The van der Waals surface area contributed by atoms with E-state index >= 15 is 0 Å². The van der Waals surface area contributed by atoms with Crippen LogP contribution in [0, 0.1) is 11.3 Å². The average molecular weight is 296 g/mol. The van der Waals surface area contributed by atoms with Gasteiger partial charge in [-0.05, 0) is 37.0 Å². The number of nitrogens with zero attached hydrogens (tertiary/aromatic N) is 1. The van der Waals surface area contributed by atoms with E-state index in [1.165, 1.54) is 64.7 Å². The SMILES string of the molecule is COC1CCN(CC2(CNC(C)C)CCC(C)CC2)CC1. The summed E-state index contributed by atoms with van der Waals surface area (Å²) >= 11 is 0. The Hall–Kier alpha value is -0.120. The minimum absolute atomic E-state index is 0.498. The molecule has 0 radical (unpaired) electrons. The monoisotopic (exact) mass is 296 g/mol. The highest BCUT2D eigenvalue weighted by Gasteiger charge is 2.36. The molecule has 0 atom stereocenters. The lowest BCUT2D eigenvalue weighted by molar-refractivity contribution is 0.0152. The van der Waals surface area contributed by atoms with Crippen LogP contribution < -0.4 is 5.32 Å². The third-order valence-electron chi connectivity index (χ3n) is 5.65. The topological polar surface area (TPSA) is 24.5 Å². The number of likely N-dealkylation sites (tertiary alicyclic amines) is 1. The molecule has 1 saturated heterocycles. The Morgan fingerprint density at radius 3 is 2.29 bits per heavy atom. The van der Waals surface area contributed by atoms with Gasteiger partial charge in [0, 0.05) is 39.3 Å². The molecule has 1 N–H and O–H groups in total. The van der Waals surface area contributed by atoms with Crippen molar-refractivity contribution in [2.45, 2.75) is 71.4 Å². The van der Waals surface area contributed by atoms with Gasteiger partial charge in [-0.3, -0.25) is 0 Å². The molecule has 1 saturated carbocycles. The van der Waals surface area contributed by atoms with Gasteiger partial charge >= 0.3 is 0 Å². The van der Waals surface area contributed by atoms with Crippen LogP contribution in [0.25, 0.3) is 0 Å². The molecule has 2 fully saturated rings. The van der Waals surface area contributed by atoms with Crippen molar-refractivity contribution in [2.75, 3.05) is 33.3 Å². The largest absolute Gasteiger partial charge is 0.381 e. The molecule has 0 aromatic heterocycles. The summed E-state index contributed by atoms with van der Waals surface area (Å²) < 4.78 is 5.51. The van der Waals surface area contributed by atoms with Crippen LogP contribution >= 0.6 is 0 Å².